The molecule has 0 aliphatic rings. The summed E-state index contributed by atoms with van der Waals surface area (Å²) >= 11 is 0. The molecule has 3 aromatic rings. The average Bonchev–Trinajstić information content (AvgIpc) is 3.09. The highest BCUT2D eigenvalue weighted by molar-refractivity contribution is 5.99. The number of ketones is 1. The van der Waals surface area contributed by atoms with Crippen molar-refractivity contribution in [3.63, 3.8) is 0 Å². The second-order valence-corrected chi connectivity index (χ2v) is 5.96. The fraction of sp³-hybridized carbons (Fsp3) is 0.263. The van der Waals surface area contributed by atoms with Gasteiger partial charge >= 0.3 is 5.97 Å². The van der Waals surface area contributed by atoms with Gasteiger partial charge in [-0.2, -0.15) is 0 Å². The first-order valence-corrected chi connectivity index (χ1v) is 7.84. The Morgan fingerprint density at radius 2 is 1.96 bits per heavy atom. The van der Waals surface area contributed by atoms with E-state index in [2.05, 4.69) is 4.98 Å². The van der Waals surface area contributed by atoms with Crippen LogP contribution in [0.2, 0.25) is 0 Å². The predicted molar refractivity (Wildman–Crippen MR) is 92.2 cm³/mol. The van der Waals surface area contributed by atoms with Crippen LogP contribution in [0.4, 0.5) is 0 Å². The zero-order valence-corrected chi connectivity index (χ0v) is 14.1. The van der Waals surface area contributed by atoms with Gasteiger partial charge in [0.2, 0.25) is 5.78 Å². The van der Waals surface area contributed by atoms with Crippen LogP contribution in [-0.4, -0.2) is 27.9 Å². The van der Waals surface area contributed by atoms with E-state index in [0.29, 0.717) is 5.56 Å². The highest BCUT2D eigenvalue weighted by Crippen LogP contribution is 2.18. The number of hydrogen-bond donors (Lipinski definition) is 1. The van der Waals surface area contributed by atoms with Crippen molar-refractivity contribution in [2.45, 2.75) is 20.3 Å². The van der Waals surface area contributed by atoms with Crippen LogP contribution >= 0.6 is 0 Å². The molecule has 24 heavy (non-hydrogen) atoms. The number of hydrogen-bond acceptors (Lipinski definition) is 3. The van der Waals surface area contributed by atoms with E-state index in [1.807, 2.05) is 55.8 Å². The van der Waals surface area contributed by atoms with Crippen molar-refractivity contribution in [1.29, 1.82) is 0 Å². The smallest absolute Gasteiger partial charge is 0.310 e. The molecular weight excluding hydrogens is 304 g/mol. The second-order valence-electron chi connectivity index (χ2n) is 5.96. The molecule has 0 aliphatic heterocycles. The normalized spacial score (nSPS) is 11.0. The molecule has 0 amide bonds. The van der Waals surface area contributed by atoms with Crippen LogP contribution in [0, 0.1) is 13.8 Å². The molecule has 0 bridgehead atoms. The first kappa shape index (κ1) is 16.1. The van der Waals surface area contributed by atoms with Crippen LogP contribution in [0.15, 0.2) is 36.5 Å². The van der Waals surface area contributed by atoms with Crippen molar-refractivity contribution in [1.82, 2.24) is 9.55 Å². The van der Waals surface area contributed by atoms with E-state index < -0.39 is 5.97 Å². The number of ether oxygens (including phenoxy) is 1. The maximum atomic E-state index is 12.3. The number of benzene rings is 1. The minimum Gasteiger partial charge on any atom is -0.457 e. The van der Waals surface area contributed by atoms with Gasteiger partial charge in [-0.1, -0.05) is 18.2 Å². The number of esters is 1. The molecule has 124 valence electrons. The third kappa shape index (κ3) is 2.97. The van der Waals surface area contributed by atoms with Gasteiger partial charge in [-0.3, -0.25) is 9.59 Å². The van der Waals surface area contributed by atoms with Crippen molar-refractivity contribution in [3.8, 4) is 0 Å². The third-order valence-corrected chi connectivity index (χ3v) is 4.45. The molecule has 2 heterocycles. The highest BCUT2D eigenvalue weighted by atomic mass is 16.5. The summed E-state index contributed by atoms with van der Waals surface area (Å²) in [6.07, 6.45) is 1.95. The lowest BCUT2D eigenvalue weighted by Crippen LogP contribution is -2.16. The van der Waals surface area contributed by atoms with Gasteiger partial charge in [0.1, 0.15) is 0 Å². The summed E-state index contributed by atoms with van der Waals surface area (Å²) < 4.78 is 7.12. The average molecular weight is 324 g/mol. The molecule has 0 fully saturated rings. The standard InChI is InChI=1S/C19H20N2O3/c1-12-8-16(13(2)21(12)3)18(22)11-24-19(23)9-14-10-20-17-7-5-4-6-15(14)17/h4-8,10,20H,9,11H2,1-3H3. The third-order valence-electron chi connectivity index (χ3n) is 4.45. The van der Waals surface area contributed by atoms with Crippen LogP contribution in [0.3, 0.4) is 0 Å². The molecule has 1 aromatic carbocycles. The number of carbonyl (C=O) groups is 2. The number of fused-ring (bicyclic) bond motifs is 1. The molecule has 5 nitrogen and oxygen atoms in total. The lowest BCUT2D eigenvalue weighted by molar-refractivity contribution is -0.141. The van der Waals surface area contributed by atoms with Gasteiger partial charge in [-0.25, -0.2) is 0 Å². The molecule has 0 aliphatic carbocycles. The van der Waals surface area contributed by atoms with Crippen LogP contribution in [0.1, 0.15) is 27.3 Å². The van der Waals surface area contributed by atoms with Gasteiger partial charge in [0.05, 0.1) is 6.42 Å². The number of H-pyrrole nitrogens is 1. The van der Waals surface area contributed by atoms with Crippen LogP contribution in [-0.2, 0) is 23.0 Å². The largest absolute Gasteiger partial charge is 0.457 e. The Bertz CT molecular complexity index is 918. The van der Waals surface area contributed by atoms with E-state index in [1.54, 1.807) is 6.20 Å². The van der Waals surface area contributed by atoms with Crippen LogP contribution in [0.5, 0.6) is 0 Å². The molecule has 0 spiro atoms. The molecule has 0 saturated carbocycles. The molecule has 0 radical (unpaired) electrons. The Balaban J connectivity index is 1.63. The minimum absolute atomic E-state index is 0.143. The van der Waals surface area contributed by atoms with E-state index in [9.17, 15) is 9.59 Å². The number of Topliss-reactive ketones (excluding diaryl/α,β-unsaturated/α-hetero) is 1. The maximum absolute atomic E-state index is 12.3. The van der Waals surface area contributed by atoms with Crippen molar-refractivity contribution in [3.05, 3.63) is 59.0 Å². The van der Waals surface area contributed by atoms with Crippen LogP contribution in [0.25, 0.3) is 10.9 Å². The molecule has 0 unspecified atom stereocenters. The van der Waals surface area contributed by atoms with Crippen LogP contribution < -0.4 is 0 Å². The Kier molecular flexibility index (Phi) is 4.25. The Labute approximate surface area is 140 Å². The molecule has 5 heteroatoms. The number of aromatic amines is 1. The number of aryl methyl sites for hydroxylation is 1. The van der Waals surface area contributed by atoms with E-state index in [1.165, 1.54) is 0 Å². The first-order valence-electron chi connectivity index (χ1n) is 7.84. The van der Waals surface area contributed by atoms with Gasteiger partial charge in [0.15, 0.2) is 6.61 Å². The quantitative estimate of drug-likeness (QED) is 0.579. The Morgan fingerprint density at radius 3 is 2.67 bits per heavy atom. The van der Waals surface area contributed by atoms with Gasteiger partial charge in [0, 0.05) is 41.1 Å². The molecular formula is C19H20N2O3. The van der Waals surface area contributed by atoms with Crippen molar-refractivity contribution >= 4 is 22.7 Å². The second kappa shape index (κ2) is 6.35. The van der Waals surface area contributed by atoms with Gasteiger partial charge in [0.25, 0.3) is 0 Å². The zero-order valence-electron chi connectivity index (χ0n) is 14.1. The van der Waals surface area contributed by atoms with E-state index in [0.717, 1.165) is 27.9 Å². The monoisotopic (exact) mass is 324 g/mol. The molecule has 0 saturated heterocycles. The van der Waals surface area contributed by atoms with Gasteiger partial charge in [-0.15, -0.1) is 0 Å². The lowest BCUT2D eigenvalue weighted by atomic mass is 10.1. The fourth-order valence-electron chi connectivity index (χ4n) is 2.85. The predicted octanol–water partition coefficient (Wildman–Crippen LogP) is 3.09. The fourth-order valence-corrected chi connectivity index (χ4v) is 2.85. The Morgan fingerprint density at radius 1 is 1.21 bits per heavy atom. The number of nitrogens with zero attached hydrogens (tertiary/aromatic N) is 1. The highest BCUT2D eigenvalue weighted by Gasteiger charge is 2.16. The molecule has 0 atom stereocenters. The van der Waals surface area contributed by atoms with Crippen molar-refractivity contribution in [2.24, 2.45) is 7.05 Å². The summed E-state index contributed by atoms with van der Waals surface area (Å²) in [5.74, 6) is -0.582. The van der Waals surface area contributed by atoms with E-state index in [4.69, 9.17) is 4.74 Å². The summed E-state index contributed by atoms with van der Waals surface area (Å²) in [5.41, 5.74) is 4.34. The zero-order chi connectivity index (χ0) is 17.3. The topological polar surface area (TPSA) is 64.1 Å². The summed E-state index contributed by atoms with van der Waals surface area (Å²) in [7, 11) is 1.91. The van der Waals surface area contributed by atoms with Gasteiger partial charge in [-0.05, 0) is 31.5 Å². The van der Waals surface area contributed by atoms with Crippen molar-refractivity contribution < 1.29 is 14.3 Å². The summed E-state index contributed by atoms with van der Waals surface area (Å²) in [6.45, 7) is 3.59. The number of aromatic nitrogens is 2. The summed E-state index contributed by atoms with van der Waals surface area (Å²) in [6, 6.07) is 9.59. The van der Waals surface area contributed by atoms with E-state index in [-0.39, 0.29) is 18.8 Å². The number of para-hydroxylation sites is 1. The SMILES string of the molecule is Cc1cc(C(=O)COC(=O)Cc2c[nH]c3ccccc23)c(C)n1C. The molecule has 2 aromatic heterocycles. The number of nitrogens with one attached hydrogen (secondary N) is 1. The first-order chi connectivity index (χ1) is 11.5. The summed E-state index contributed by atoms with van der Waals surface area (Å²) in [4.78, 5) is 27.4. The van der Waals surface area contributed by atoms with Gasteiger partial charge < -0.3 is 14.3 Å². The number of carbonyl (C=O) groups excluding carboxylic acids is 2. The van der Waals surface area contributed by atoms with E-state index >= 15 is 0 Å². The minimum atomic E-state index is -0.404. The lowest BCUT2D eigenvalue weighted by Gasteiger charge is -2.05. The Hall–Kier alpha value is -2.82. The van der Waals surface area contributed by atoms with Crippen molar-refractivity contribution in [2.75, 3.05) is 6.61 Å². The number of rotatable bonds is 5. The molecule has 3 rings (SSSR count). The summed E-state index contributed by atoms with van der Waals surface area (Å²) in [5, 5.41) is 0.996. The molecule has 1 N–H and O–H groups in total. The maximum Gasteiger partial charge on any atom is 0.310 e.